The van der Waals surface area contributed by atoms with Gasteiger partial charge in [0.2, 0.25) is 0 Å². The number of urea groups is 1. The van der Waals surface area contributed by atoms with Crippen LogP contribution in [0.4, 0.5) is 26.4 Å². The molecule has 6 rings (SSSR count). The fourth-order valence-corrected chi connectivity index (χ4v) is 5.34. The fraction of sp³-hybridized carbons (Fsp3) is 0.519. The van der Waals surface area contributed by atoms with Gasteiger partial charge in [0.15, 0.2) is 17.2 Å². The average Bonchev–Trinajstić information content (AvgIpc) is 3.66. The van der Waals surface area contributed by atoms with Gasteiger partial charge in [-0.3, -0.25) is 9.78 Å². The van der Waals surface area contributed by atoms with Crippen molar-refractivity contribution in [2.75, 3.05) is 29.0 Å². The molecule has 3 aromatic rings. The molecule has 40 heavy (non-hydrogen) atoms. The van der Waals surface area contributed by atoms with Crippen molar-refractivity contribution in [2.45, 2.75) is 75.6 Å². The molecule has 0 bridgehead atoms. The maximum atomic E-state index is 14.1. The van der Waals surface area contributed by atoms with Crippen molar-refractivity contribution in [1.82, 2.24) is 29.8 Å². The van der Waals surface area contributed by atoms with E-state index < -0.39 is 11.7 Å². The lowest BCUT2D eigenvalue weighted by molar-refractivity contribution is 0.0922. The summed E-state index contributed by atoms with van der Waals surface area (Å²) in [7, 11) is 0. The van der Waals surface area contributed by atoms with E-state index in [1.165, 1.54) is 23.0 Å². The van der Waals surface area contributed by atoms with Crippen LogP contribution in [0.15, 0.2) is 30.7 Å². The average molecular weight is 552 g/mol. The van der Waals surface area contributed by atoms with E-state index in [1.54, 1.807) is 4.90 Å². The first-order valence-electron chi connectivity index (χ1n) is 14.0. The third-order valence-electron chi connectivity index (χ3n) is 7.82. The van der Waals surface area contributed by atoms with E-state index in [1.807, 2.05) is 6.07 Å². The summed E-state index contributed by atoms with van der Waals surface area (Å²) in [5, 5.41) is 27.1. The number of fused-ring (bicyclic) bond motifs is 1. The number of hydrogen-bond acceptors (Lipinski definition) is 8. The van der Waals surface area contributed by atoms with Crippen LogP contribution in [0.5, 0.6) is 0 Å². The van der Waals surface area contributed by atoms with E-state index in [9.17, 15) is 19.1 Å². The normalized spacial score (nSPS) is 21.7. The molecule has 3 aliphatic rings. The molecule has 13 heteroatoms. The highest BCUT2D eigenvalue weighted by Crippen LogP contribution is 2.30. The largest absolute Gasteiger partial charge is 0.393 e. The molecule has 12 nitrogen and oxygen atoms in total. The number of aliphatic hydroxyl groups is 1. The number of anilines is 3. The molecular weight excluding hydrogens is 517 g/mol. The van der Waals surface area contributed by atoms with Crippen LogP contribution in [0, 0.1) is 5.82 Å². The van der Waals surface area contributed by atoms with Crippen molar-refractivity contribution in [3.8, 4) is 0 Å². The molecule has 0 spiro atoms. The van der Waals surface area contributed by atoms with Crippen molar-refractivity contribution in [2.24, 2.45) is 0 Å². The number of pyridine rings is 1. The molecule has 0 atom stereocenters. The highest BCUT2D eigenvalue weighted by atomic mass is 19.1. The molecule has 2 saturated carbocycles. The summed E-state index contributed by atoms with van der Waals surface area (Å²) in [4.78, 5) is 35.6. The number of amides is 3. The van der Waals surface area contributed by atoms with Gasteiger partial charge in [-0.15, -0.1) is 5.10 Å². The van der Waals surface area contributed by atoms with E-state index in [2.05, 4.69) is 36.3 Å². The molecular formula is C27H34FN9O3. The minimum Gasteiger partial charge on any atom is -0.393 e. The Morgan fingerprint density at radius 2 is 1.62 bits per heavy atom. The first kappa shape index (κ1) is 26.2. The molecule has 1 aliphatic heterocycles. The van der Waals surface area contributed by atoms with Crippen LogP contribution in [0.2, 0.25) is 0 Å². The van der Waals surface area contributed by atoms with Gasteiger partial charge in [0.05, 0.1) is 29.9 Å². The standard InChI is InChI=1S/C27H34FN9O3/c28-20-14-29-10-7-21(20)34-26(39)23-15-30-25-22(31-16-1-2-16)13-24(35-37(23)25)32-17-3-5-18(6-4-17)33-27(40)36-11-8-19(38)9-12-36/h7,10,13-19,31,38H,1-6,8-9,11-12H2,(H,32,35)(H,33,40)(H,29,34,39)/t17-,18-. The summed E-state index contributed by atoms with van der Waals surface area (Å²) in [6, 6.07) is 3.89. The third-order valence-corrected chi connectivity index (χ3v) is 7.82. The molecule has 0 aromatic carbocycles. The van der Waals surface area contributed by atoms with Gasteiger partial charge in [-0.05, 0) is 57.4 Å². The second-order valence-electron chi connectivity index (χ2n) is 10.9. The number of piperidine rings is 1. The Labute approximate surface area is 230 Å². The highest BCUT2D eigenvalue weighted by molar-refractivity contribution is 6.03. The predicted molar refractivity (Wildman–Crippen MR) is 147 cm³/mol. The summed E-state index contributed by atoms with van der Waals surface area (Å²) in [5.41, 5.74) is 1.52. The Hall–Kier alpha value is -4.00. The zero-order valence-corrected chi connectivity index (χ0v) is 22.1. The van der Waals surface area contributed by atoms with Gasteiger partial charge < -0.3 is 31.3 Å². The molecule has 4 heterocycles. The van der Waals surface area contributed by atoms with Gasteiger partial charge in [-0.1, -0.05) is 0 Å². The van der Waals surface area contributed by atoms with Gasteiger partial charge in [-0.2, -0.15) is 0 Å². The van der Waals surface area contributed by atoms with Crippen LogP contribution < -0.4 is 21.3 Å². The first-order valence-corrected chi connectivity index (χ1v) is 14.0. The zero-order valence-electron chi connectivity index (χ0n) is 22.1. The number of hydrogen-bond donors (Lipinski definition) is 5. The summed E-state index contributed by atoms with van der Waals surface area (Å²) >= 11 is 0. The van der Waals surface area contributed by atoms with Gasteiger partial charge in [-0.25, -0.2) is 18.7 Å². The quantitative estimate of drug-likeness (QED) is 0.301. The maximum Gasteiger partial charge on any atom is 0.317 e. The lowest BCUT2D eigenvalue weighted by atomic mass is 9.91. The van der Waals surface area contributed by atoms with Gasteiger partial charge in [0, 0.05) is 43.5 Å². The van der Waals surface area contributed by atoms with Crippen molar-refractivity contribution >= 4 is 34.8 Å². The Bertz CT molecular complexity index is 1380. The number of nitrogens with one attached hydrogen (secondary N) is 4. The molecule has 1 saturated heterocycles. The molecule has 2 aliphatic carbocycles. The van der Waals surface area contributed by atoms with Gasteiger partial charge in [0.1, 0.15) is 5.82 Å². The molecule has 3 aromatic heterocycles. The van der Waals surface area contributed by atoms with Crippen LogP contribution in [-0.2, 0) is 0 Å². The summed E-state index contributed by atoms with van der Waals surface area (Å²) in [6.45, 7) is 1.17. The summed E-state index contributed by atoms with van der Waals surface area (Å²) < 4.78 is 15.6. The van der Waals surface area contributed by atoms with Crippen LogP contribution >= 0.6 is 0 Å². The Kier molecular flexibility index (Phi) is 7.37. The van der Waals surface area contributed by atoms with Gasteiger partial charge >= 0.3 is 6.03 Å². The van der Waals surface area contributed by atoms with Crippen LogP contribution in [-0.4, -0.2) is 78.8 Å². The summed E-state index contributed by atoms with van der Waals surface area (Å²) in [6.07, 6.45) is 10.4. The number of aliphatic hydroxyl groups excluding tert-OH is 1. The second-order valence-corrected chi connectivity index (χ2v) is 10.9. The molecule has 3 fully saturated rings. The fourth-order valence-electron chi connectivity index (χ4n) is 5.34. The minimum atomic E-state index is -0.627. The Balaban J connectivity index is 1.13. The number of carbonyl (C=O) groups excluding carboxylic acids is 2. The van der Waals surface area contributed by atoms with E-state index >= 15 is 0 Å². The first-order chi connectivity index (χ1) is 19.4. The minimum absolute atomic E-state index is 0.0299. The highest BCUT2D eigenvalue weighted by Gasteiger charge is 2.28. The number of nitrogens with zero attached hydrogens (tertiary/aromatic N) is 5. The lowest BCUT2D eigenvalue weighted by Crippen LogP contribution is -2.49. The molecule has 3 amide bonds. The van der Waals surface area contributed by atoms with E-state index in [0.29, 0.717) is 43.4 Å². The third kappa shape index (κ3) is 5.93. The monoisotopic (exact) mass is 551 g/mol. The van der Waals surface area contributed by atoms with Crippen molar-refractivity contribution < 1.29 is 19.1 Å². The number of rotatable bonds is 7. The smallest absolute Gasteiger partial charge is 0.317 e. The van der Waals surface area contributed by atoms with Crippen molar-refractivity contribution in [1.29, 1.82) is 0 Å². The number of carbonyl (C=O) groups is 2. The predicted octanol–water partition coefficient (Wildman–Crippen LogP) is 2.98. The molecule has 5 N–H and O–H groups in total. The zero-order chi connectivity index (χ0) is 27.6. The number of imidazole rings is 1. The van der Waals surface area contributed by atoms with Crippen molar-refractivity contribution in [3.05, 3.63) is 42.2 Å². The van der Waals surface area contributed by atoms with E-state index in [0.717, 1.165) is 50.4 Å². The van der Waals surface area contributed by atoms with E-state index in [-0.39, 0.29) is 35.6 Å². The van der Waals surface area contributed by atoms with Crippen LogP contribution in [0.3, 0.4) is 0 Å². The number of aromatic nitrogens is 4. The molecule has 0 unspecified atom stereocenters. The Morgan fingerprint density at radius 1 is 0.925 bits per heavy atom. The van der Waals surface area contributed by atoms with Gasteiger partial charge in [0.25, 0.3) is 5.91 Å². The number of likely N-dealkylation sites (tertiary alicyclic amines) is 1. The maximum absolute atomic E-state index is 14.1. The van der Waals surface area contributed by atoms with Crippen LogP contribution in [0.25, 0.3) is 5.65 Å². The SMILES string of the molecule is O=C(Nc1ccncc1F)c1cnc2c(NC3CC3)cc(N[C@H]3CC[C@H](NC(=O)N4CCC(O)CC4)CC3)nn12. The molecule has 0 radical (unpaired) electrons. The van der Waals surface area contributed by atoms with Crippen LogP contribution in [0.1, 0.15) is 61.9 Å². The topological polar surface area (TPSA) is 149 Å². The Morgan fingerprint density at radius 3 is 2.35 bits per heavy atom. The second kappa shape index (κ2) is 11.2. The molecule has 212 valence electrons. The van der Waals surface area contributed by atoms with E-state index in [4.69, 9.17) is 0 Å². The van der Waals surface area contributed by atoms with Crippen molar-refractivity contribution in [3.63, 3.8) is 0 Å². The number of halogens is 1. The summed E-state index contributed by atoms with van der Waals surface area (Å²) in [5.74, 6) is -0.547. The lowest BCUT2D eigenvalue weighted by Gasteiger charge is -2.34.